The summed E-state index contributed by atoms with van der Waals surface area (Å²) in [5.41, 5.74) is 0.858. The first kappa shape index (κ1) is 17.3. The SMILES string of the molecule is c1ccc(CN2CCOC[C@]3(C[C@H](CNc4ncccn4)CO3)C2)nc1. The zero-order chi connectivity index (χ0) is 17.7. The van der Waals surface area contributed by atoms with Crippen molar-refractivity contribution in [2.45, 2.75) is 18.6 Å². The third kappa shape index (κ3) is 4.35. The molecule has 2 aliphatic heterocycles. The minimum atomic E-state index is -0.227. The first-order valence-electron chi connectivity index (χ1n) is 9.16. The third-order valence-corrected chi connectivity index (χ3v) is 4.94. The number of pyridine rings is 1. The van der Waals surface area contributed by atoms with Crippen molar-refractivity contribution in [3.8, 4) is 0 Å². The lowest BCUT2D eigenvalue weighted by Crippen LogP contribution is -2.44. The molecule has 0 unspecified atom stereocenters. The van der Waals surface area contributed by atoms with Crippen molar-refractivity contribution in [1.29, 1.82) is 0 Å². The molecule has 0 radical (unpaired) electrons. The molecule has 138 valence electrons. The molecule has 1 spiro atoms. The summed E-state index contributed by atoms with van der Waals surface area (Å²) in [6.45, 7) is 5.55. The van der Waals surface area contributed by atoms with Gasteiger partial charge in [0, 0.05) is 50.7 Å². The maximum atomic E-state index is 6.26. The van der Waals surface area contributed by atoms with Crippen LogP contribution >= 0.6 is 0 Å². The van der Waals surface area contributed by atoms with E-state index in [0.717, 1.165) is 51.5 Å². The predicted molar refractivity (Wildman–Crippen MR) is 97.6 cm³/mol. The van der Waals surface area contributed by atoms with Crippen LogP contribution in [0.1, 0.15) is 12.1 Å². The van der Waals surface area contributed by atoms with Crippen molar-refractivity contribution < 1.29 is 9.47 Å². The number of ether oxygens (including phenoxy) is 2. The normalized spacial score (nSPS) is 26.7. The summed E-state index contributed by atoms with van der Waals surface area (Å²) in [4.78, 5) is 15.3. The van der Waals surface area contributed by atoms with E-state index in [0.29, 0.717) is 18.5 Å². The molecule has 4 heterocycles. The fourth-order valence-corrected chi connectivity index (χ4v) is 3.75. The Hall–Kier alpha value is -2.09. The minimum absolute atomic E-state index is 0.227. The monoisotopic (exact) mass is 355 g/mol. The average Bonchev–Trinajstić information content (AvgIpc) is 2.97. The summed E-state index contributed by atoms with van der Waals surface area (Å²) in [7, 11) is 0. The topological polar surface area (TPSA) is 72.4 Å². The molecule has 2 saturated heterocycles. The highest BCUT2D eigenvalue weighted by atomic mass is 16.5. The molecule has 0 aromatic carbocycles. The van der Waals surface area contributed by atoms with Crippen molar-refractivity contribution in [2.24, 2.45) is 5.92 Å². The highest BCUT2D eigenvalue weighted by Crippen LogP contribution is 2.33. The van der Waals surface area contributed by atoms with E-state index < -0.39 is 0 Å². The number of aromatic nitrogens is 3. The number of anilines is 1. The lowest BCUT2D eigenvalue weighted by molar-refractivity contribution is -0.0563. The molecule has 2 atom stereocenters. The van der Waals surface area contributed by atoms with Crippen molar-refractivity contribution in [1.82, 2.24) is 19.9 Å². The molecule has 0 aliphatic carbocycles. The molecule has 1 N–H and O–H groups in total. The van der Waals surface area contributed by atoms with E-state index in [9.17, 15) is 0 Å². The zero-order valence-corrected chi connectivity index (χ0v) is 14.9. The van der Waals surface area contributed by atoms with Gasteiger partial charge in [0.1, 0.15) is 5.60 Å². The van der Waals surface area contributed by atoms with Crippen LogP contribution in [-0.4, -0.2) is 64.9 Å². The van der Waals surface area contributed by atoms with Gasteiger partial charge in [-0.2, -0.15) is 0 Å². The largest absolute Gasteiger partial charge is 0.377 e. The van der Waals surface area contributed by atoms with Crippen LogP contribution in [0, 0.1) is 5.92 Å². The second-order valence-corrected chi connectivity index (χ2v) is 7.10. The number of nitrogens with one attached hydrogen (secondary N) is 1. The Kier molecular flexibility index (Phi) is 5.38. The van der Waals surface area contributed by atoms with Crippen LogP contribution in [0.4, 0.5) is 5.95 Å². The van der Waals surface area contributed by atoms with Crippen LogP contribution in [0.2, 0.25) is 0 Å². The number of hydrogen-bond donors (Lipinski definition) is 1. The van der Waals surface area contributed by atoms with Gasteiger partial charge in [-0.25, -0.2) is 9.97 Å². The van der Waals surface area contributed by atoms with Gasteiger partial charge in [0.15, 0.2) is 0 Å². The minimum Gasteiger partial charge on any atom is -0.377 e. The van der Waals surface area contributed by atoms with E-state index in [4.69, 9.17) is 9.47 Å². The van der Waals surface area contributed by atoms with E-state index in [1.807, 2.05) is 24.4 Å². The molecule has 4 rings (SSSR count). The maximum absolute atomic E-state index is 6.26. The first-order valence-corrected chi connectivity index (χ1v) is 9.16. The molecular formula is C19H25N5O2. The van der Waals surface area contributed by atoms with Gasteiger partial charge in [-0.1, -0.05) is 6.07 Å². The Morgan fingerprint density at radius 1 is 1.15 bits per heavy atom. The zero-order valence-electron chi connectivity index (χ0n) is 14.9. The van der Waals surface area contributed by atoms with E-state index in [-0.39, 0.29) is 5.60 Å². The number of nitrogens with zero attached hydrogens (tertiary/aromatic N) is 4. The van der Waals surface area contributed by atoms with Crippen LogP contribution in [-0.2, 0) is 16.0 Å². The van der Waals surface area contributed by atoms with Crippen LogP contribution in [0.5, 0.6) is 0 Å². The molecule has 2 fully saturated rings. The van der Waals surface area contributed by atoms with Gasteiger partial charge < -0.3 is 14.8 Å². The lowest BCUT2D eigenvalue weighted by atomic mass is 9.94. The summed E-state index contributed by atoms with van der Waals surface area (Å²) < 4.78 is 12.1. The van der Waals surface area contributed by atoms with Crippen molar-refractivity contribution >= 4 is 5.95 Å². The van der Waals surface area contributed by atoms with Gasteiger partial charge in [0.25, 0.3) is 0 Å². The summed E-state index contributed by atoms with van der Waals surface area (Å²) in [5, 5.41) is 3.31. The molecule has 2 aliphatic rings. The predicted octanol–water partition coefficient (Wildman–Crippen LogP) is 1.59. The fourth-order valence-electron chi connectivity index (χ4n) is 3.75. The van der Waals surface area contributed by atoms with Gasteiger partial charge >= 0.3 is 0 Å². The fraction of sp³-hybridized carbons (Fsp3) is 0.526. The van der Waals surface area contributed by atoms with E-state index >= 15 is 0 Å². The summed E-state index contributed by atoms with van der Waals surface area (Å²) in [5.74, 6) is 1.10. The van der Waals surface area contributed by atoms with E-state index in [1.165, 1.54) is 0 Å². The van der Waals surface area contributed by atoms with Crippen LogP contribution in [0.15, 0.2) is 42.9 Å². The second-order valence-electron chi connectivity index (χ2n) is 7.10. The van der Waals surface area contributed by atoms with Crippen molar-refractivity contribution in [2.75, 3.05) is 44.8 Å². The van der Waals surface area contributed by atoms with E-state index in [2.05, 4.69) is 31.2 Å². The highest BCUT2D eigenvalue weighted by Gasteiger charge is 2.43. The van der Waals surface area contributed by atoms with Gasteiger partial charge in [-0.3, -0.25) is 9.88 Å². The third-order valence-electron chi connectivity index (χ3n) is 4.94. The molecule has 2 aromatic rings. The van der Waals surface area contributed by atoms with Crippen LogP contribution in [0.3, 0.4) is 0 Å². The Morgan fingerprint density at radius 2 is 2.04 bits per heavy atom. The smallest absolute Gasteiger partial charge is 0.222 e. The molecule has 7 nitrogen and oxygen atoms in total. The Morgan fingerprint density at radius 3 is 2.88 bits per heavy atom. The molecule has 0 amide bonds. The maximum Gasteiger partial charge on any atom is 0.222 e. The second kappa shape index (κ2) is 8.07. The molecule has 0 bridgehead atoms. The summed E-state index contributed by atoms with van der Waals surface area (Å²) in [6.07, 6.45) is 6.32. The molecule has 7 heteroatoms. The van der Waals surface area contributed by atoms with Gasteiger partial charge in [-0.15, -0.1) is 0 Å². The number of hydrogen-bond acceptors (Lipinski definition) is 7. The molecule has 0 saturated carbocycles. The molecule has 26 heavy (non-hydrogen) atoms. The highest BCUT2D eigenvalue weighted by molar-refractivity contribution is 5.22. The number of rotatable bonds is 5. The standard InChI is InChI=1S/C19H25N5O2/c1-2-5-20-17(4-1)12-24-8-9-25-15-19(14-24)10-16(13-26-19)11-23-18-21-6-3-7-22-18/h1-7,16H,8-15H2,(H,21,22,23)/t16-,19+/m1/s1. The van der Waals surface area contributed by atoms with Crippen LogP contribution < -0.4 is 5.32 Å². The lowest BCUT2D eigenvalue weighted by Gasteiger charge is -2.31. The first-order chi connectivity index (χ1) is 12.8. The van der Waals surface area contributed by atoms with Crippen LogP contribution in [0.25, 0.3) is 0 Å². The summed E-state index contributed by atoms with van der Waals surface area (Å²) >= 11 is 0. The quantitative estimate of drug-likeness (QED) is 0.873. The van der Waals surface area contributed by atoms with Crippen molar-refractivity contribution in [3.63, 3.8) is 0 Å². The van der Waals surface area contributed by atoms with Gasteiger partial charge in [0.2, 0.25) is 5.95 Å². The molecule has 2 aromatic heterocycles. The summed E-state index contributed by atoms with van der Waals surface area (Å²) in [6, 6.07) is 7.87. The Bertz CT molecular complexity index is 687. The Balaban J connectivity index is 1.34. The molecular weight excluding hydrogens is 330 g/mol. The van der Waals surface area contributed by atoms with E-state index in [1.54, 1.807) is 12.4 Å². The van der Waals surface area contributed by atoms with Crippen molar-refractivity contribution in [3.05, 3.63) is 48.5 Å². The average molecular weight is 355 g/mol. The Labute approximate surface area is 153 Å². The van der Waals surface area contributed by atoms with Gasteiger partial charge in [-0.05, 0) is 24.6 Å². The van der Waals surface area contributed by atoms with Gasteiger partial charge in [0.05, 0.1) is 25.5 Å².